The molecule has 0 radical (unpaired) electrons. The minimum Gasteiger partial charge on any atom is -0.394 e. The van der Waals surface area contributed by atoms with Gasteiger partial charge in [-0.05, 0) is 79.9 Å². The minimum atomic E-state index is -0.366. The van der Waals surface area contributed by atoms with E-state index in [1.807, 2.05) is 0 Å². The molecule has 0 unspecified atom stereocenters. The fourth-order valence-electron chi connectivity index (χ4n) is 4.52. The molecule has 0 aromatic heterocycles. The van der Waals surface area contributed by atoms with Gasteiger partial charge in [0.05, 0.1) is 13.2 Å². The molecule has 3 heteroatoms. The van der Waals surface area contributed by atoms with Gasteiger partial charge in [-0.1, -0.05) is 37.3 Å². The van der Waals surface area contributed by atoms with Gasteiger partial charge in [-0.15, -0.1) is 0 Å². The highest BCUT2D eigenvalue weighted by Crippen LogP contribution is 2.40. The third kappa shape index (κ3) is 4.97. The Balaban J connectivity index is 1.51. The highest BCUT2D eigenvalue weighted by atomic mass is 16.5. The maximum atomic E-state index is 9.50. The Labute approximate surface area is 158 Å². The highest BCUT2D eigenvalue weighted by molar-refractivity contribution is 5.36. The first-order valence-corrected chi connectivity index (χ1v) is 10.4. The molecule has 1 saturated carbocycles. The number of rotatable bonds is 8. The summed E-state index contributed by atoms with van der Waals surface area (Å²) in [5.74, 6) is 1.16. The first kappa shape index (κ1) is 19.6. The number of ether oxygens (including phenoxy) is 1. The second kappa shape index (κ2) is 9.16. The molecule has 26 heavy (non-hydrogen) atoms. The molecular weight excluding hydrogens is 322 g/mol. The summed E-state index contributed by atoms with van der Waals surface area (Å²) < 4.78 is 5.89. The number of nitrogens with two attached hydrogens (primary N) is 1. The largest absolute Gasteiger partial charge is 0.394 e. The zero-order chi connectivity index (χ0) is 18.4. The minimum absolute atomic E-state index is 0.102. The molecule has 0 aliphatic heterocycles. The van der Waals surface area contributed by atoms with Crippen LogP contribution in [0.4, 0.5) is 0 Å². The number of aryl methyl sites for hydroxylation is 1. The molecule has 3 atom stereocenters. The number of hydrogen-bond donors (Lipinski definition) is 2. The molecule has 0 heterocycles. The van der Waals surface area contributed by atoms with E-state index >= 15 is 0 Å². The van der Waals surface area contributed by atoms with Gasteiger partial charge in [-0.3, -0.25) is 0 Å². The number of hydrogen-bond acceptors (Lipinski definition) is 3. The van der Waals surface area contributed by atoms with Crippen LogP contribution in [0, 0.1) is 5.92 Å². The lowest BCUT2D eigenvalue weighted by atomic mass is 9.82. The summed E-state index contributed by atoms with van der Waals surface area (Å²) in [6.07, 6.45) is 13.0. The van der Waals surface area contributed by atoms with Gasteiger partial charge < -0.3 is 15.6 Å². The first-order chi connectivity index (χ1) is 12.6. The lowest BCUT2D eigenvalue weighted by molar-refractivity contribution is 0.0978. The normalized spacial score (nSPS) is 28.6. The van der Waals surface area contributed by atoms with Crippen molar-refractivity contribution in [2.45, 2.75) is 69.7 Å². The fraction of sp³-hybridized carbons (Fsp3) is 0.652. The Bertz CT molecular complexity index is 612. The predicted molar refractivity (Wildman–Crippen MR) is 107 cm³/mol. The second-order valence-corrected chi connectivity index (χ2v) is 8.34. The van der Waals surface area contributed by atoms with Crippen LogP contribution in [0.3, 0.4) is 0 Å². The van der Waals surface area contributed by atoms with Gasteiger partial charge >= 0.3 is 0 Å². The summed E-state index contributed by atoms with van der Waals surface area (Å²) in [6.45, 7) is 3.99. The van der Waals surface area contributed by atoms with Gasteiger partial charge in [0.15, 0.2) is 0 Å². The van der Waals surface area contributed by atoms with E-state index < -0.39 is 0 Å². The molecule has 1 aromatic rings. The zero-order valence-electron chi connectivity index (χ0n) is 16.3. The van der Waals surface area contributed by atoms with E-state index in [2.05, 4.69) is 37.3 Å². The maximum Gasteiger partial charge on any atom is 0.0611 e. The Kier molecular flexibility index (Phi) is 6.91. The summed E-state index contributed by atoms with van der Waals surface area (Å²) in [5.41, 5.74) is 10.3. The van der Waals surface area contributed by atoms with E-state index in [0.717, 1.165) is 58.2 Å². The Morgan fingerprint density at radius 3 is 2.92 bits per heavy atom. The molecule has 1 fully saturated rings. The molecule has 3 nitrogen and oxygen atoms in total. The molecule has 0 spiro atoms. The van der Waals surface area contributed by atoms with E-state index in [9.17, 15) is 5.11 Å². The Morgan fingerprint density at radius 2 is 2.15 bits per heavy atom. The van der Waals surface area contributed by atoms with Crippen molar-refractivity contribution in [3.8, 4) is 0 Å². The highest BCUT2D eigenvalue weighted by Gasteiger charge is 2.36. The van der Waals surface area contributed by atoms with Crippen molar-refractivity contribution in [1.82, 2.24) is 0 Å². The van der Waals surface area contributed by atoms with Gasteiger partial charge in [-0.2, -0.15) is 0 Å². The third-order valence-electron chi connectivity index (χ3n) is 6.18. The van der Waals surface area contributed by atoms with E-state index in [0.29, 0.717) is 11.8 Å². The van der Waals surface area contributed by atoms with Crippen molar-refractivity contribution in [2.24, 2.45) is 11.7 Å². The zero-order valence-corrected chi connectivity index (χ0v) is 16.3. The Hall–Kier alpha value is -1.16. The molecule has 0 saturated heterocycles. The SMILES string of the molecule is CC/C=C\CCOC[C@@H]1CCc2cc([C@H]3CC[C@](N)(CO)C3)ccc2C1. The van der Waals surface area contributed by atoms with Crippen LogP contribution in [0.5, 0.6) is 0 Å². The van der Waals surface area contributed by atoms with Gasteiger partial charge in [0.25, 0.3) is 0 Å². The van der Waals surface area contributed by atoms with Crippen molar-refractivity contribution in [3.63, 3.8) is 0 Å². The molecule has 1 aromatic carbocycles. The van der Waals surface area contributed by atoms with E-state index in [4.69, 9.17) is 10.5 Å². The van der Waals surface area contributed by atoms with Crippen molar-refractivity contribution >= 4 is 0 Å². The van der Waals surface area contributed by atoms with Crippen LogP contribution in [0.2, 0.25) is 0 Å². The fourth-order valence-corrected chi connectivity index (χ4v) is 4.52. The lowest BCUT2D eigenvalue weighted by Crippen LogP contribution is -2.40. The van der Waals surface area contributed by atoms with Gasteiger partial charge in [-0.25, -0.2) is 0 Å². The second-order valence-electron chi connectivity index (χ2n) is 8.34. The van der Waals surface area contributed by atoms with E-state index in [1.165, 1.54) is 23.1 Å². The number of fused-ring (bicyclic) bond motifs is 1. The molecule has 0 bridgehead atoms. The Morgan fingerprint density at radius 1 is 1.27 bits per heavy atom. The van der Waals surface area contributed by atoms with Crippen molar-refractivity contribution in [3.05, 3.63) is 47.0 Å². The smallest absolute Gasteiger partial charge is 0.0611 e. The topological polar surface area (TPSA) is 55.5 Å². The molecule has 0 amide bonds. The van der Waals surface area contributed by atoms with Crippen molar-refractivity contribution in [2.75, 3.05) is 19.8 Å². The molecule has 144 valence electrons. The summed E-state index contributed by atoms with van der Waals surface area (Å²) in [4.78, 5) is 0. The monoisotopic (exact) mass is 357 g/mol. The summed E-state index contributed by atoms with van der Waals surface area (Å²) in [6, 6.07) is 7.04. The molecule has 3 N–H and O–H groups in total. The molecular formula is C23H35NO2. The summed E-state index contributed by atoms with van der Waals surface area (Å²) >= 11 is 0. The molecule has 3 rings (SSSR count). The van der Waals surface area contributed by atoms with E-state index in [1.54, 1.807) is 0 Å². The number of aliphatic hydroxyl groups excluding tert-OH is 1. The van der Waals surface area contributed by atoms with Crippen LogP contribution in [0.25, 0.3) is 0 Å². The first-order valence-electron chi connectivity index (χ1n) is 10.4. The van der Waals surface area contributed by atoms with Gasteiger partial charge in [0.1, 0.15) is 0 Å². The van der Waals surface area contributed by atoms with Crippen LogP contribution < -0.4 is 5.73 Å². The quantitative estimate of drug-likeness (QED) is 0.543. The van der Waals surface area contributed by atoms with Crippen LogP contribution in [-0.4, -0.2) is 30.5 Å². The number of aliphatic hydroxyl groups is 1. The van der Waals surface area contributed by atoms with Gasteiger partial charge in [0, 0.05) is 12.1 Å². The predicted octanol–water partition coefficient (Wildman–Crippen LogP) is 4.12. The van der Waals surface area contributed by atoms with Crippen LogP contribution in [0.1, 0.15) is 68.1 Å². The van der Waals surface area contributed by atoms with Crippen LogP contribution >= 0.6 is 0 Å². The van der Waals surface area contributed by atoms with Crippen molar-refractivity contribution < 1.29 is 9.84 Å². The lowest BCUT2D eigenvalue weighted by Gasteiger charge is -2.26. The number of benzene rings is 1. The average Bonchev–Trinajstić information content (AvgIpc) is 3.07. The van der Waals surface area contributed by atoms with Crippen LogP contribution in [0.15, 0.2) is 30.4 Å². The summed E-state index contributed by atoms with van der Waals surface area (Å²) in [5, 5.41) is 9.50. The molecule has 2 aliphatic rings. The average molecular weight is 358 g/mol. The maximum absolute atomic E-state index is 9.50. The standard InChI is InChI=1S/C23H35NO2/c1-2-3-4-5-12-26-16-18-6-7-20-14-21(9-8-19(20)13-18)22-10-11-23(24,15-22)17-25/h3-4,8-9,14,18,22,25H,2,5-7,10-13,15-17,24H2,1H3/b4-3-/t18-,22+,23-/m1/s1. The number of allylic oxidation sites excluding steroid dienone is 1. The molecule has 2 aliphatic carbocycles. The van der Waals surface area contributed by atoms with E-state index in [-0.39, 0.29) is 12.1 Å². The summed E-state index contributed by atoms with van der Waals surface area (Å²) in [7, 11) is 0. The van der Waals surface area contributed by atoms with Crippen molar-refractivity contribution in [1.29, 1.82) is 0 Å². The van der Waals surface area contributed by atoms with Gasteiger partial charge in [0.2, 0.25) is 0 Å². The van der Waals surface area contributed by atoms with Crippen LogP contribution in [-0.2, 0) is 17.6 Å². The third-order valence-corrected chi connectivity index (χ3v) is 6.18.